The van der Waals surface area contributed by atoms with Crippen LogP contribution >= 0.6 is 34.8 Å². The molecule has 0 aliphatic carbocycles. The first-order chi connectivity index (χ1) is 13.5. The molecule has 0 radical (unpaired) electrons. The van der Waals surface area contributed by atoms with Gasteiger partial charge in [-0.25, -0.2) is 0 Å². The van der Waals surface area contributed by atoms with Gasteiger partial charge in [0, 0.05) is 29.9 Å². The Hall–Kier alpha value is -2.21. The van der Waals surface area contributed by atoms with Gasteiger partial charge in [-0.3, -0.25) is 9.48 Å². The Balaban J connectivity index is 1.44. The second kappa shape index (κ2) is 9.82. The van der Waals surface area contributed by atoms with Gasteiger partial charge in [0.15, 0.2) is 0 Å². The largest absolute Gasteiger partial charge is 0.487 e. The maximum Gasteiger partial charge on any atom is 0.251 e. The Labute approximate surface area is 178 Å². The van der Waals surface area contributed by atoms with Crippen molar-refractivity contribution in [1.29, 1.82) is 0 Å². The molecule has 3 aromatic rings. The number of aromatic nitrogens is 2. The molecule has 0 bridgehead atoms. The fourth-order valence-corrected chi connectivity index (χ4v) is 3.13. The van der Waals surface area contributed by atoms with Gasteiger partial charge in [-0.2, -0.15) is 5.10 Å². The van der Waals surface area contributed by atoms with E-state index in [0.29, 0.717) is 46.1 Å². The highest BCUT2D eigenvalue weighted by atomic mass is 35.5. The number of rotatable bonds is 8. The number of carbonyl (C=O) groups is 1. The molecular formula is C20H18Cl3N3O2. The van der Waals surface area contributed by atoms with Gasteiger partial charge in [-0.05, 0) is 42.3 Å². The summed E-state index contributed by atoms with van der Waals surface area (Å²) in [5.41, 5.74) is 1.52. The maximum atomic E-state index is 12.2. The number of hydrogen-bond acceptors (Lipinski definition) is 3. The van der Waals surface area contributed by atoms with E-state index in [-0.39, 0.29) is 5.91 Å². The maximum absolute atomic E-state index is 12.2. The predicted octanol–water partition coefficient (Wildman–Crippen LogP) is 5.24. The third-order valence-electron chi connectivity index (χ3n) is 3.96. The molecule has 1 heterocycles. The van der Waals surface area contributed by atoms with E-state index in [9.17, 15) is 4.79 Å². The molecule has 1 aromatic heterocycles. The Morgan fingerprint density at radius 3 is 2.54 bits per heavy atom. The van der Waals surface area contributed by atoms with Crippen LogP contribution in [0.25, 0.3) is 0 Å². The summed E-state index contributed by atoms with van der Waals surface area (Å²) in [5, 5.41) is 8.61. The summed E-state index contributed by atoms with van der Waals surface area (Å²) in [5.74, 6) is 0.443. The zero-order chi connectivity index (χ0) is 19.9. The first-order valence-electron chi connectivity index (χ1n) is 8.64. The summed E-state index contributed by atoms with van der Waals surface area (Å²) < 4.78 is 7.44. The highest BCUT2D eigenvalue weighted by molar-refractivity contribution is 6.35. The fraction of sp³-hybridized carbons (Fsp3) is 0.200. The van der Waals surface area contributed by atoms with E-state index < -0.39 is 0 Å². The second-order valence-electron chi connectivity index (χ2n) is 6.09. The molecule has 28 heavy (non-hydrogen) atoms. The molecule has 0 aliphatic heterocycles. The minimum absolute atomic E-state index is 0.119. The van der Waals surface area contributed by atoms with E-state index >= 15 is 0 Å². The minimum Gasteiger partial charge on any atom is -0.487 e. The molecule has 3 rings (SSSR count). The molecule has 0 atom stereocenters. The molecule has 0 aliphatic rings. The Morgan fingerprint density at radius 2 is 1.86 bits per heavy atom. The molecule has 0 saturated heterocycles. The van der Waals surface area contributed by atoms with Gasteiger partial charge in [0.1, 0.15) is 12.4 Å². The topological polar surface area (TPSA) is 56.2 Å². The van der Waals surface area contributed by atoms with Crippen LogP contribution in [0.5, 0.6) is 5.75 Å². The van der Waals surface area contributed by atoms with Crippen molar-refractivity contribution >= 4 is 40.7 Å². The zero-order valence-electron chi connectivity index (χ0n) is 14.9. The molecule has 1 N–H and O–H groups in total. The van der Waals surface area contributed by atoms with Crippen molar-refractivity contribution in [3.63, 3.8) is 0 Å². The first kappa shape index (κ1) is 20.5. The van der Waals surface area contributed by atoms with Gasteiger partial charge in [0.2, 0.25) is 0 Å². The van der Waals surface area contributed by atoms with E-state index in [1.807, 2.05) is 12.1 Å². The summed E-state index contributed by atoms with van der Waals surface area (Å²) in [6, 6.07) is 12.3. The van der Waals surface area contributed by atoms with Crippen LogP contribution in [0.2, 0.25) is 15.1 Å². The summed E-state index contributed by atoms with van der Waals surface area (Å²) in [6.07, 6.45) is 4.10. The number of nitrogens with zero attached hydrogens (tertiary/aromatic N) is 2. The standard InChI is InChI=1S/C20H18Cl3N3O2/c21-16-6-7-19(18(23)10-16)28-13-14-2-4-15(5-3-14)20(27)24-8-1-9-26-12-17(22)11-25-26/h2-7,10-12H,1,8-9,13H2,(H,24,27). The number of halogens is 3. The number of aryl methyl sites for hydroxylation is 1. The van der Waals surface area contributed by atoms with Crippen molar-refractivity contribution in [2.45, 2.75) is 19.6 Å². The monoisotopic (exact) mass is 437 g/mol. The van der Waals surface area contributed by atoms with Gasteiger partial charge in [0.05, 0.1) is 16.2 Å². The fourth-order valence-electron chi connectivity index (χ4n) is 2.51. The summed E-state index contributed by atoms with van der Waals surface area (Å²) in [7, 11) is 0. The van der Waals surface area contributed by atoms with Crippen LogP contribution < -0.4 is 10.1 Å². The lowest BCUT2D eigenvalue weighted by molar-refractivity contribution is 0.0952. The SMILES string of the molecule is O=C(NCCCn1cc(Cl)cn1)c1ccc(COc2ccc(Cl)cc2Cl)cc1. The van der Waals surface area contributed by atoms with Crippen molar-refractivity contribution < 1.29 is 9.53 Å². The molecule has 0 fully saturated rings. The average Bonchev–Trinajstić information content (AvgIpc) is 3.10. The summed E-state index contributed by atoms with van der Waals surface area (Å²) >= 11 is 17.8. The van der Waals surface area contributed by atoms with Crippen LogP contribution in [0.4, 0.5) is 0 Å². The first-order valence-corrected chi connectivity index (χ1v) is 9.77. The number of amides is 1. The average molecular weight is 439 g/mol. The molecule has 0 saturated carbocycles. The summed E-state index contributed by atoms with van der Waals surface area (Å²) in [6.45, 7) is 1.59. The normalized spacial score (nSPS) is 10.7. The predicted molar refractivity (Wildman–Crippen MR) is 111 cm³/mol. The van der Waals surface area contributed by atoms with Crippen molar-refractivity contribution in [2.24, 2.45) is 0 Å². The number of nitrogens with one attached hydrogen (secondary N) is 1. The minimum atomic E-state index is -0.119. The van der Waals surface area contributed by atoms with Gasteiger partial charge in [0.25, 0.3) is 5.91 Å². The van der Waals surface area contributed by atoms with Gasteiger partial charge < -0.3 is 10.1 Å². The van der Waals surface area contributed by atoms with Crippen LogP contribution in [0.15, 0.2) is 54.9 Å². The van der Waals surface area contributed by atoms with Crippen LogP contribution in [0.1, 0.15) is 22.3 Å². The summed E-state index contributed by atoms with van der Waals surface area (Å²) in [4.78, 5) is 12.2. The van der Waals surface area contributed by atoms with E-state index in [1.165, 1.54) is 0 Å². The third-order valence-corrected chi connectivity index (χ3v) is 4.68. The lowest BCUT2D eigenvalue weighted by Gasteiger charge is -2.09. The van der Waals surface area contributed by atoms with Crippen molar-refractivity contribution in [3.8, 4) is 5.75 Å². The molecule has 2 aromatic carbocycles. The van der Waals surface area contributed by atoms with Crippen LogP contribution in [-0.2, 0) is 13.2 Å². The quantitative estimate of drug-likeness (QED) is 0.489. The smallest absolute Gasteiger partial charge is 0.251 e. The Morgan fingerprint density at radius 1 is 1.07 bits per heavy atom. The number of benzene rings is 2. The van der Waals surface area contributed by atoms with Crippen molar-refractivity contribution in [2.75, 3.05) is 6.54 Å². The number of carbonyl (C=O) groups excluding carboxylic acids is 1. The Bertz CT molecular complexity index is 942. The molecule has 146 valence electrons. The lowest BCUT2D eigenvalue weighted by atomic mass is 10.1. The Kier molecular flexibility index (Phi) is 7.20. The molecule has 0 unspecified atom stereocenters. The van der Waals surface area contributed by atoms with Crippen molar-refractivity contribution in [1.82, 2.24) is 15.1 Å². The van der Waals surface area contributed by atoms with Crippen LogP contribution in [0, 0.1) is 0 Å². The van der Waals surface area contributed by atoms with Crippen LogP contribution in [-0.4, -0.2) is 22.2 Å². The van der Waals surface area contributed by atoms with Gasteiger partial charge >= 0.3 is 0 Å². The highest BCUT2D eigenvalue weighted by Crippen LogP contribution is 2.28. The molecule has 1 amide bonds. The van der Waals surface area contributed by atoms with Gasteiger partial charge in [-0.15, -0.1) is 0 Å². The van der Waals surface area contributed by atoms with Crippen molar-refractivity contribution in [3.05, 3.63) is 81.1 Å². The second-order valence-corrected chi connectivity index (χ2v) is 7.37. The van der Waals surface area contributed by atoms with E-state index in [2.05, 4.69) is 10.4 Å². The molecular weight excluding hydrogens is 421 g/mol. The third kappa shape index (κ3) is 5.89. The number of ether oxygens (including phenoxy) is 1. The molecule has 8 heteroatoms. The molecule has 5 nitrogen and oxygen atoms in total. The van der Waals surface area contributed by atoms with Gasteiger partial charge in [-0.1, -0.05) is 46.9 Å². The number of hydrogen-bond donors (Lipinski definition) is 1. The van der Waals surface area contributed by atoms with E-state index in [0.717, 1.165) is 12.0 Å². The van der Waals surface area contributed by atoms with E-state index in [1.54, 1.807) is 47.4 Å². The zero-order valence-corrected chi connectivity index (χ0v) is 17.1. The molecule has 0 spiro atoms. The van der Waals surface area contributed by atoms with E-state index in [4.69, 9.17) is 39.5 Å². The highest BCUT2D eigenvalue weighted by Gasteiger charge is 2.06. The lowest BCUT2D eigenvalue weighted by Crippen LogP contribution is -2.25. The van der Waals surface area contributed by atoms with Crippen LogP contribution in [0.3, 0.4) is 0 Å².